The maximum Gasteiger partial charge on any atom is 0.00683 e. The largest absolute Gasteiger partial charge is 0.314 e. The minimum atomic E-state index is 0.871. The smallest absolute Gasteiger partial charge is 0.00683 e. The third-order valence-corrected chi connectivity index (χ3v) is 1.19. The van der Waals surface area contributed by atoms with Crippen LogP contribution < -0.4 is 5.32 Å². The van der Waals surface area contributed by atoms with Crippen LogP contribution in [-0.2, 0) is 0 Å². The number of hydrogen-bond donors (Lipinski definition) is 1. The van der Waals surface area contributed by atoms with Crippen molar-refractivity contribution in [2.45, 2.75) is 25.8 Å². The fraction of sp³-hybridized carbons (Fsp3) is 0.833. The normalized spacial score (nSPS) is 20.1. The van der Waals surface area contributed by atoms with Crippen molar-refractivity contribution in [2.75, 3.05) is 6.54 Å². The average molecular weight is 98.2 g/mol. The zero-order valence-corrected chi connectivity index (χ0v) is 4.78. The lowest BCUT2D eigenvalue weighted by atomic mass is 10.5. The van der Waals surface area contributed by atoms with Gasteiger partial charge in [-0.15, -0.1) is 0 Å². The van der Waals surface area contributed by atoms with Gasteiger partial charge in [0, 0.05) is 6.04 Å². The summed E-state index contributed by atoms with van der Waals surface area (Å²) in [7, 11) is 0. The van der Waals surface area contributed by atoms with Crippen LogP contribution in [0.4, 0.5) is 0 Å². The van der Waals surface area contributed by atoms with E-state index in [0.717, 1.165) is 12.6 Å². The van der Waals surface area contributed by atoms with Crippen LogP contribution in [0.2, 0.25) is 0 Å². The molecule has 7 heavy (non-hydrogen) atoms. The fourth-order valence-electron chi connectivity index (χ4n) is 0.572. The van der Waals surface area contributed by atoms with Gasteiger partial charge in [0.2, 0.25) is 0 Å². The summed E-state index contributed by atoms with van der Waals surface area (Å²) in [5, 5.41) is 3.35. The summed E-state index contributed by atoms with van der Waals surface area (Å²) in [6.45, 7) is 3.17. The number of hydrogen-bond acceptors (Lipinski definition) is 1. The molecule has 0 aromatic carbocycles. The van der Waals surface area contributed by atoms with Gasteiger partial charge in [0.05, 0.1) is 0 Å². The molecule has 1 aliphatic carbocycles. The summed E-state index contributed by atoms with van der Waals surface area (Å²) in [6, 6.07) is 0.871. The van der Waals surface area contributed by atoms with E-state index in [-0.39, 0.29) is 0 Å². The van der Waals surface area contributed by atoms with Gasteiger partial charge < -0.3 is 5.32 Å². The van der Waals surface area contributed by atoms with Gasteiger partial charge in [0.25, 0.3) is 0 Å². The molecule has 1 radical (unpaired) electrons. The predicted octanol–water partition coefficient (Wildman–Crippen LogP) is 0.963. The van der Waals surface area contributed by atoms with Gasteiger partial charge in [-0.3, -0.25) is 0 Å². The highest BCUT2D eigenvalue weighted by molar-refractivity contribution is 4.82. The van der Waals surface area contributed by atoms with Crippen LogP contribution in [0.1, 0.15) is 19.8 Å². The van der Waals surface area contributed by atoms with E-state index in [0.29, 0.717) is 0 Å². The number of nitrogens with one attached hydrogen (secondary N) is 1. The third kappa shape index (κ3) is 1.93. The van der Waals surface area contributed by atoms with Gasteiger partial charge >= 0.3 is 0 Å². The van der Waals surface area contributed by atoms with Crippen LogP contribution in [-0.4, -0.2) is 12.6 Å². The molecule has 0 spiro atoms. The van der Waals surface area contributed by atoms with Crippen LogP contribution in [0.5, 0.6) is 0 Å². The molecule has 41 valence electrons. The van der Waals surface area contributed by atoms with Gasteiger partial charge in [-0.1, -0.05) is 6.92 Å². The second-order valence-electron chi connectivity index (χ2n) is 2.09. The first-order valence-electron chi connectivity index (χ1n) is 2.94. The van der Waals surface area contributed by atoms with E-state index in [4.69, 9.17) is 0 Å². The van der Waals surface area contributed by atoms with E-state index >= 15 is 0 Å². The molecule has 0 aromatic rings. The second kappa shape index (κ2) is 2.31. The maximum absolute atomic E-state index is 3.35. The Morgan fingerprint density at radius 1 is 1.71 bits per heavy atom. The van der Waals surface area contributed by atoms with Crippen LogP contribution >= 0.6 is 0 Å². The molecule has 0 saturated heterocycles. The van der Waals surface area contributed by atoms with Gasteiger partial charge in [0.15, 0.2) is 0 Å². The van der Waals surface area contributed by atoms with Crippen LogP contribution in [0, 0.1) is 6.42 Å². The summed E-state index contributed by atoms with van der Waals surface area (Å²) in [4.78, 5) is 0. The molecule has 0 heterocycles. The number of rotatable bonds is 3. The second-order valence-corrected chi connectivity index (χ2v) is 2.09. The monoisotopic (exact) mass is 98.1 g/mol. The fourth-order valence-corrected chi connectivity index (χ4v) is 0.572. The molecule has 1 N–H and O–H groups in total. The van der Waals surface area contributed by atoms with Crippen molar-refractivity contribution in [3.63, 3.8) is 0 Å². The topological polar surface area (TPSA) is 12.0 Å². The molecule has 1 nitrogen and oxygen atoms in total. The summed E-state index contributed by atoms with van der Waals surface area (Å²) in [5.74, 6) is 0. The molecule has 1 heteroatoms. The Morgan fingerprint density at radius 3 is 2.86 bits per heavy atom. The standard InChI is InChI=1S/C6H12N/c1-2-5-7-6-3-4-6/h2,6-7H,3-5H2,1H3. The Balaban J connectivity index is 1.80. The Kier molecular flexibility index (Phi) is 1.69. The van der Waals surface area contributed by atoms with E-state index in [1.165, 1.54) is 12.8 Å². The molecule has 1 fully saturated rings. The van der Waals surface area contributed by atoms with E-state index < -0.39 is 0 Å². The summed E-state index contributed by atoms with van der Waals surface area (Å²) in [6.07, 6.45) is 4.94. The van der Waals surface area contributed by atoms with Crippen molar-refractivity contribution in [1.82, 2.24) is 5.32 Å². The lowest BCUT2D eigenvalue weighted by Crippen LogP contribution is -2.16. The van der Waals surface area contributed by atoms with Crippen LogP contribution in [0.25, 0.3) is 0 Å². The van der Waals surface area contributed by atoms with Gasteiger partial charge in [-0.2, -0.15) is 0 Å². The Morgan fingerprint density at radius 2 is 2.43 bits per heavy atom. The minimum Gasteiger partial charge on any atom is -0.314 e. The summed E-state index contributed by atoms with van der Waals surface area (Å²) >= 11 is 0. The molecule has 0 aromatic heterocycles. The summed E-state index contributed by atoms with van der Waals surface area (Å²) in [5.41, 5.74) is 0. The van der Waals surface area contributed by atoms with Crippen LogP contribution in [0.3, 0.4) is 0 Å². The molecule has 0 atom stereocenters. The minimum absolute atomic E-state index is 0.871. The maximum atomic E-state index is 3.35. The SMILES string of the molecule is C[CH]CNC1CC1. The zero-order valence-electron chi connectivity index (χ0n) is 4.78. The third-order valence-electron chi connectivity index (χ3n) is 1.19. The Labute approximate surface area is 45.1 Å². The lowest BCUT2D eigenvalue weighted by Gasteiger charge is -1.94. The first-order chi connectivity index (χ1) is 3.43. The van der Waals surface area contributed by atoms with Gasteiger partial charge in [0.1, 0.15) is 0 Å². The van der Waals surface area contributed by atoms with Crippen molar-refractivity contribution in [1.29, 1.82) is 0 Å². The van der Waals surface area contributed by atoms with E-state index in [1.807, 2.05) is 0 Å². The van der Waals surface area contributed by atoms with Crippen molar-refractivity contribution < 1.29 is 0 Å². The lowest BCUT2D eigenvalue weighted by molar-refractivity contribution is 0.731. The van der Waals surface area contributed by atoms with Gasteiger partial charge in [-0.05, 0) is 25.8 Å². The molecule has 1 aliphatic rings. The highest BCUT2D eigenvalue weighted by Crippen LogP contribution is 2.17. The summed E-state index contributed by atoms with van der Waals surface area (Å²) < 4.78 is 0. The highest BCUT2D eigenvalue weighted by atomic mass is 14.9. The molecule has 1 rings (SSSR count). The molecular weight excluding hydrogens is 86.1 g/mol. The molecule has 0 amide bonds. The quantitative estimate of drug-likeness (QED) is 0.554. The van der Waals surface area contributed by atoms with Crippen molar-refractivity contribution in [3.8, 4) is 0 Å². The zero-order chi connectivity index (χ0) is 5.11. The molecule has 0 aliphatic heterocycles. The molecule has 0 unspecified atom stereocenters. The predicted molar refractivity (Wildman–Crippen MR) is 31.0 cm³/mol. The van der Waals surface area contributed by atoms with Crippen molar-refractivity contribution in [2.24, 2.45) is 0 Å². The first-order valence-corrected chi connectivity index (χ1v) is 2.94. The first kappa shape index (κ1) is 5.10. The average Bonchev–Trinajstić information content (AvgIpc) is 2.42. The molecular formula is C6H12N. The van der Waals surface area contributed by atoms with Crippen molar-refractivity contribution in [3.05, 3.63) is 6.42 Å². The Hall–Kier alpha value is -0.0400. The highest BCUT2D eigenvalue weighted by Gasteiger charge is 2.18. The van der Waals surface area contributed by atoms with E-state index in [1.54, 1.807) is 0 Å². The van der Waals surface area contributed by atoms with Gasteiger partial charge in [-0.25, -0.2) is 0 Å². The molecule has 1 saturated carbocycles. The van der Waals surface area contributed by atoms with Crippen LogP contribution in [0.15, 0.2) is 0 Å². The molecule has 0 bridgehead atoms. The van der Waals surface area contributed by atoms with E-state index in [2.05, 4.69) is 18.7 Å². The van der Waals surface area contributed by atoms with Crippen molar-refractivity contribution >= 4 is 0 Å². The Bertz CT molecular complexity index is 48.1. The van der Waals surface area contributed by atoms with E-state index in [9.17, 15) is 0 Å².